The second kappa shape index (κ2) is 6.23. The first-order valence-electron chi connectivity index (χ1n) is 7.36. The van der Waals surface area contributed by atoms with Crippen LogP contribution >= 0.6 is 0 Å². The molecule has 0 aliphatic carbocycles. The van der Waals surface area contributed by atoms with Gasteiger partial charge in [0, 0.05) is 12.3 Å². The minimum Gasteiger partial charge on any atom is -0.456 e. The Morgan fingerprint density at radius 1 is 1.21 bits per heavy atom. The van der Waals surface area contributed by atoms with Gasteiger partial charge in [-0.05, 0) is 43.2 Å². The third-order valence-corrected chi connectivity index (χ3v) is 3.63. The molecule has 0 saturated carbocycles. The van der Waals surface area contributed by atoms with E-state index in [0.717, 1.165) is 11.6 Å². The molecule has 6 heteroatoms. The van der Waals surface area contributed by atoms with E-state index >= 15 is 0 Å². The van der Waals surface area contributed by atoms with Gasteiger partial charge in [0.15, 0.2) is 0 Å². The van der Waals surface area contributed by atoms with Gasteiger partial charge >= 0.3 is 5.97 Å². The van der Waals surface area contributed by atoms with E-state index in [2.05, 4.69) is 4.98 Å². The minimum absolute atomic E-state index is 0.156. The average molecular weight is 326 g/mol. The normalized spacial score (nSPS) is 10.8. The fourth-order valence-electron chi connectivity index (χ4n) is 2.36. The summed E-state index contributed by atoms with van der Waals surface area (Å²) < 4.78 is 19.9. The van der Waals surface area contributed by atoms with Crippen LogP contribution in [0.4, 0.5) is 4.39 Å². The minimum atomic E-state index is -0.655. The summed E-state index contributed by atoms with van der Waals surface area (Å²) in [6, 6.07) is 8.79. The number of hydrogen-bond acceptors (Lipinski definition) is 4. The van der Waals surface area contributed by atoms with Gasteiger partial charge in [0.2, 0.25) is 0 Å². The molecule has 0 spiro atoms. The molecule has 0 amide bonds. The van der Waals surface area contributed by atoms with Gasteiger partial charge in [0.05, 0.1) is 11.3 Å². The van der Waals surface area contributed by atoms with Crippen LogP contribution in [0.25, 0.3) is 5.65 Å². The maximum atomic E-state index is 13.3. The predicted octanol–water partition coefficient (Wildman–Crippen LogP) is 2.81. The number of halogens is 1. The van der Waals surface area contributed by atoms with Gasteiger partial charge in [-0.3, -0.25) is 9.20 Å². The molecule has 0 aliphatic heterocycles. The zero-order valence-corrected chi connectivity index (χ0v) is 13.2. The summed E-state index contributed by atoms with van der Waals surface area (Å²) in [5, 5.41) is 0. The lowest BCUT2D eigenvalue weighted by molar-refractivity contribution is 0.0466. The van der Waals surface area contributed by atoms with Gasteiger partial charge in [0.25, 0.3) is 5.56 Å². The third-order valence-electron chi connectivity index (χ3n) is 3.63. The van der Waals surface area contributed by atoms with Crippen molar-refractivity contribution in [3.8, 4) is 0 Å². The summed E-state index contributed by atoms with van der Waals surface area (Å²) in [6.45, 7) is 3.41. The topological polar surface area (TPSA) is 60.7 Å². The van der Waals surface area contributed by atoms with Crippen molar-refractivity contribution in [1.29, 1.82) is 0 Å². The van der Waals surface area contributed by atoms with Crippen molar-refractivity contribution in [2.45, 2.75) is 20.5 Å². The second-order valence-corrected chi connectivity index (χ2v) is 5.56. The van der Waals surface area contributed by atoms with Crippen molar-refractivity contribution in [3.05, 3.63) is 81.2 Å². The lowest BCUT2D eigenvalue weighted by Crippen LogP contribution is -2.17. The molecule has 122 valence electrons. The predicted molar refractivity (Wildman–Crippen MR) is 86.5 cm³/mol. The number of rotatable bonds is 3. The van der Waals surface area contributed by atoms with Gasteiger partial charge in [-0.25, -0.2) is 14.2 Å². The molecule has 0 bridgehead atoms. The van der Waals surface area contributed by atoms with E-state index in [1.54, 1.807) is 19.2 Å². The van der Waals surface area contributed by atoms with Crippen LogP contribution < -0.4 is 5.56 Å². The summed E-state index contributed by atoms with van der Waals surface area (Å²) in [5.74, 6) is -1.16. The lowest BCUT2D eigenvalue weighted by atomic mass is 10.1. The molecular weight excluding hydrogens is 311 g/mol. The number of pyridine rings is 1. The second-order valence-electron chi connectivity index (χ2n) is 5.56. The van der Waals surface area contributed by atoms with E-state index in [4.69, 9.17) is 4.74 Å². The van der Waals surface area contributed by atoms with Crippen LogP contribution in [0.5, 0.6) is 0 Å². The molecule has 0 atom stereocenters. The molecule has 2 heterocycles. The largest absolute Gasteiger partial charge is 0.456 e. The number of benzene rings is 1. The van der Waals surface area contributed by atoms with Crippen molar-refractivity contribution >= 4 is 11.6 Å². The number of aromatic nitrogens is 2. The molecule has 3 aromatic rings. The van der Waals surface area contributed by atoms with E-state index in [-0.39, 0.29) is 17.7 Å². The van der Waals surface area contributed by atoms with Crippen LogP contribution in [-0.4, -0.2) is 15.4 Å². The number of carbonyl (C=O) groups excluding carboxylic acids is 1. The van der Waals surface area contributed by atoms with Crippen LogP contribution in [0.15, 0.2) is 47.4 Å². The van der Waals surface area contributed by atoms with Crippen LogP contribution in [-0.2, 0) is 11.3 Å². The number of carbonyl (C=O) groups is 1. The van der Waals surface area contributed by atoms with E-state index in [9.17, 15) is 14.0 Å². The van der Waals surface area contributed by atoms with E-state index in [0.29, 0.717) is 16.9 Å². The highest BCUT2D eigenvalue weighted by Gasteiger charge is 2.13. The highest BCUT2D eigenvalue weighted by atomic mass is 19.1. The van der Waals surface area contributed by atoms with E-state index in [1.165, 1.54) is 22.6 Å². The third kappa shape index (κ3) is 3.17. The maximum Gasteiger partial charge on any atom is 0.338 e. The molecule has 0 radical (unpaired) electrons. The van der Waals surface area contributed by atoms with Crippen molar-refractivity contribution < 1.29 is 13.9 Å². The van der Waals surface area contributed by atoms with Crippen LogP contribution in [0.1, 0.15) is 27.2 Å². The van der Waals surface area contributed by atoms with Crippen LogP contribution in [0.2, 0.25) is 0 Å². The molecule has 0 unspecified atom stereocenters. The molecule has 0 aliphatic rings. The van der Waals surface area contributed by atoms with Crippen molar-refractivity contribution in [1.82, 2.24) is 9.38 Å². The van der Waals surface area contributed by atoms with Gasteiger partial charge in [-0.2, -0.15) is 0 Å². The summed E-state index contributed by atoms with van der Waals surface area (Å²) >= 11 is 0. The highest BCUT2D eigenvalue weighted by molar-refractivity contribution is 5.90. The number of aryl methyl sites for hydroxylation is 2. The lowest BCUT2D eigenvalue weighted by Gasteiger charge is -2.08. The molecular formula is C18H15FN2O3. The Hall–Kier alpha value is -3.02. The Bertz CT molecular complexity index is 995. The Morgan fingerprint density at radius 2 is 2.00 bits per heavy atom. The maximum absolute atomic E-state index is 13.3. The van der Waals surface area contributed by atoms with Crippen molar-refractivity contribution in [3.63, 3.8) is 0 Å². The van der Waals surface area contributed by atoms with Gasteiger partial charge in [-0.1, -0.05) is 12.1 Å². The molecule has 0 fully saturated rings. The van der Waals surface area contributed by atoms with Crippen molar-refractivity contribution in [2.24, 2.45) is 0 Å². The first kappa shape index (κ1) is 15.9. The van der Waals surface area contributed by atoms with Crippen LogP contribution in [0.3, 0.4) is 0 Å². The first-order chi connectivity index (χ1) is 11.4. The highest BCUT2D eigenvalue weighted by Crippen LogP contribution is 2.12. The SMILES string of the molecule is Cc1ccc2nc(COC(=O)c3cc(F)ccc3C)cc(=O)n2c1. The molecule has 24 heavy (non-hydrogen) atoms. The fourth-order valence-corrected chi connectivity index (χ4v) is 2.36. The van der Waals surface area contributed by atoms with Crippen molar-refractivity contribution in [2.75, 3.05) is 0 Å². The van der Waals surface area contributed by atoms with Crippen LogP contribution in [0, 0.1) is 19.7 Å². The standard InChI is InChI=1S/C18H15FN2O3/c1-11-3-6-16-20-14(8-17(22)21(16)9-11)10-24-18(23)15-7-13(19)5-4-12(15)2/h3-9H,10H2,1-2H3. The monoisotopic (exact) mass is 326 g/mol. The Kier molecular flexibility index (Phi) is 4.12. The first-order valence-corrected chi connectivity index (χ1v) is 7.36. The number of esters is 1. The molecule has 1 aromatic carbocycles. The number of nitrogens with zero attached hydrogens (tertiary/aromatic N) is 2. The smallest absolute Gasteiger partial charge is 0.338 e. The van der Waals surface area contributed by atoms with E-state index < -0.39 is 11.8 Å². The summed E-state index contributed by atoms with van der Waals surface area (Å²) in [4.78, 5) is 28.5. The molecule has 0 N–H and O–H groups in total. The molecule has 5 nitrogen and oxygen atoms in total. The Labute approximate surface area is 137 Å². The summed E-state index contributed by atoms with van der Waals surface area (Å²) in [5.41, 5.74) is 2.27. The van der Waals surface area contributed by atoms with Gasteiger partial charge < -0.3 is 4.74 Å². The zero-order chi connectivity index (χ0) is 17.3. The number of ether oxygens (including phenoxy) is 1. The quantitative estimate of drug-likeness (QED) is 0.695. The number of fused-ring (bicyclic) bond motifs is 1. The molecule has 3 rings (SSSR count). The summed E-state index contributed by atoms with van der Waals surface area (Å²) in [7, 11) is 0. The average Bonchev–Trinajstić information content (AvgIpc) is 2.55. The van der Waals surface area contributed by atoms with Gasteiger partial charge in [-0.15, -0.1) is 0 Å². The van der Waals surface area contributed by atoms with E-state index in [1.807, 2.05) is 13.0 Å². The zero-order valence-electron chi connectivity index (χ0n) is 13.2. The Balaban J connectivity index is 1.83. The molecule has 2 aromatic heterocycles. The van der Waals surface area contributed by atoms with Gasteiger partial charge in [0.1, 0.15) is 18.1 Å². The number of hydrogen-bond donors (Lipinski definition) is 0. The summed E-state index contributed by atoms with van der Waals surface area (Å²) in [6.07, 6.45) is 1.69. The Morgan fingerprint density at radius 3 is 2.79 bits per heavy atom. The fraction of sp³-hybridized carbons (Fsp3) is 0.167. The molecule has 0 saturated heterocycles.